The number of hydrogen-bond donors (Lipinski definition) is 1. The molecule has 3 heteroatoms. The lowest BCUT2D eigenvalue weighted by molar-refractivity contribution is 1.31. The van der Waals surface area contributed by atoms with E-state index in [0.717, 1.165) is 15.9 Å². The lowest BCUT2D eigenvalue weighted by Crippen LogP contribution is -1.91. The van der Waals surface area contributed by atoms with Crippen LogP contribution in [0, 0.1) is 0 Å². The van der Waals surface area contributed by atoms with E-state index in [2.05, 4.69) is 26.5 Å². The van der Waals surface area contributed by atoms with Gasteiger partial charge in [-0.25, -0.2) is 0 Å². The molecule has 0 aliphatic rings. The highest BCUT2D eigenvalue weighted by Crippen LogP contribution is 2.13. The number of hydrazone groups is 1. The molecule has 0 bridgehead atoms. The van der Waals surface area contributed by atoms with Crippen LogP contribution in [0.15, 0.2) is 33.8 Å². The van der Waals surface area contributed by atoms with Crippen LogP contribution in [0.4, 0.5) is 5.69 Å². The van der Waals surface area contributed by atoms with E-state index in [0.29, 0.717) is 0 Å². The second-order valence-electron chi connectivity index (χ2n) is 2.68. The van der Waals surface area contributed by atoms with Gasteiger partial charge in [0.15, 0.2) is 0 Å². The standard InChI is InChI=1S/C9H11BrN2/c1-7(2)11-12-9-5-3-8(10)4-6-9/h3-6,12H,1-2H3. The highest BCUT2D eigenvalue weighted by molar-refractivity contribution is 9.10. The summed E-state index contributed by atoms with van der Waals surface area (Å²) in [5.41, 5.74) is 4.95. The van der Waals surface area contributed by atoms with Crippen molar-refractivity contribution in [1.82, 2.24) is 0 Å². The molecule has 0 aromatic heterocycles. The van der Waals surface area contributed by atoms with E-state index in [-0.39, 0.29) is 0 Å². The molecule has 0 fully saturated rings. The first-order valence-electron chi connectivity index (χ1n) is 3.71. The quantitative estimate of drug-likeness (QED) is 0.608. The van der Waals surface area contributed by atoms with E-state index in [1.54, 1.807) is 0 Å². The minimum atomic E-state index is 0.999. The van der Waals surface area contributed by atoms with Gasteiger partial charge in [-0.05, 0) is 38.1 Å². The van der Waals surface area contributed by atoms with Gasteiger partial charge in [-0.3, -0.25) is 5.43 Å². The first-order valence-corrected chi connectivity index (χ1v) is 4.50. The molecule has 2 nitrogen and oxygen atoms in total. The van der Waals surface area contributed by atoms with Crippen molar-refractivity contribution in [2.24, 2.45) is 5.10 Å². The minimum absolute atomic E-state index is 0.999. The molecule has 0 aliphatic carbocycles. The van der Waals surface area contributed by atoms with E-state index in [1.165, 1.54) is 0 Å². The van der Waals surface area contributed by atoms with E-state index in [1.807, 2.05) is 38.1 Å². The van der Waals surface area contributed by atoms with Gasteiger partial charge in [0.1, 0.15) is 0 Å². The molecule has 0 spiro atoms. The second kappa shape index (κ2) is 4.26. The van der Waals surface area contributed by atoms with Crippen LogP contribution < -0.4 is 5.43 Å². The highest BCUT2D eigenvalue weighted by Gasteiger charge is 1.88. The fourth-order valence-electron chi connectivity index (χ4n) is 0.701. The molecule has 0 unspecified atom stereocenters. The zero-order valence-corrected chi connectivity index (χ0v) is 8.72. The van der Waals surface area contributed by atoms with Crippen LogP contribution >= 0.6 is 15.9 Å². The number of halogens is 1. The van der Waals surface area contributed by atoms with Crippen molar-refractivity contribution < 1.29 is 0 Å². The van der Waals surface area contributed by atoms with Crippen molar-refractivity contribution in [3.8, 4) is 0 Å². The Morgan fingerprint density at radius 2 is 1.83 bits per heavy atom. The summed E-state index contributed by atoms with van der Waals surface area (Å²) in [7, 11) is 0. The maximum absolute atomic E-state index is 4.08. The predicted molar refractivity (Wildman–Crippen MR) is 56.5 cm³/mol. The first kappa shape index (κ1) is 9.26. The van der Waals surface area contributed by atoms with Crippen molar-refractivity contribution in [2.45, 2.75) is 13.8 Å². The summed E-state index contributed by atoms with van der Waals surface area (Å²) in [5.74, 6) is 0. The van der Waals surface area contributed by atoms with Gasteiger partial charge in [0.2, 0.25) is 0 Å². The molecule has 0 amide bonds. The van der Waals surface area contributed by atoms with Crippen LogP contribution in [0.1, 0.15) is 13.8 Å². The Kier molecular flexibility index (Phi) is 3.29. The first-order chi connectivity index (χ1) is 5.68. The number of rotatable bonds is 2. The number of benzene rings is 1. The van der Waals surface area contributed by atoms with Crippen LogP contribution in [0.25, 0.3) is 0 Å². The van der Waals surface area contributed by atoms with Crippen LogP contribution in [0.3, 0.4) is 0 Å². The molecule has 0 aliphatic heterocycles. The van der Waals surface area contributed by atoms with Crippen molar-refractivity contribution in [1.29, 1.82) is 0 Å². The van der Waals surface area contributed by atoms with E-state index < -0.39 is 0 Å². The SMILES string of the molecule is CC(C)=NNc1ccc(Br)cc1. The third-order valence-electron chi connectivity index (χ3n) is 1.25. The van der Waals surface area contributed by atoms with Gasteiger partial charge in [0, 0.05) is 10.2 Å². The molecule has 1 aromatic carbocycles. The zero-order valence-electron chi connectivity index (χ0n) is 7.13. The summed E-state index contributed by atoms with van der Waals surface area (Å²) in [6, 6.07) is 7.89. The van der Waals surface area contributed by atoms with Crippen molar-refractivity contribution >= 4 is 27.3 Å². The Morgan fingerprint density at radius 1 is 1.25 bits per heavy atom. The molecular formula is C9H11BrN2. The Bertz CT molecular complexity index is 273. The fourth-order valence-corrected chi connectivity index (χ4v) is 0.965. The fraction of sp³-hybridized carbons (Fsp3) is 0.222. The highest BCUT2D eigenvalue weighted by atomic mass is 79.9. The normalized spacial score (nSPS) is 9.25. The predicted octanol–water partition coefficient (Wildman–Crippen LogP) is 3.26. The van der Waals surface area contributed by atoms with Crippen molar-refractivity contribution in [3.05, 3.63) is 28.7 Å². The van der Waals surface area contributed by atoms with Crippen molar-refractivity contribution in [2.75, 3.05) is 5.43 Å². The van der Waals surface area contributed by atoms with Gasteiger partial charge in [0.05, 0.1) is 5.69 Å². The molecule has 1 N–H and O–H groups in total. The molecule has 0 saturated heterocycles. The monoisotopic (exact) mass is 226 g/mol. The lowest BCUT2D eigenvalue weighted by atomic mass is 10.3. The maximum atomic E-state index is 4.08. The number of anilines is 1. The van der Waals surface area contributed by atoms with Crippen LogP contribution in [0.5, 0.6) is 0 Å². The summed E-state index contributed by atoms with van der Waals surface area (Å²) in [6.45, 7) is 3.90. The minimum Gasteiger partial charge on any atom is -0.279 e. The molecule has 1 rings (SSSR count). The van der Waals surface area contributed by atoms with Gasteiger partial charge in [-0.15, -0.1) is 0 Å². The average molecular weight is 227 g/mol. The van der Waals surface area contributed by atoms with E-state index in [9.17, 15) is 0 Å². The maximum Gasteiger partial charge on any atom is 0.0562 e. The smallest absolute Gasteiger partial charge is 0.0562 e. The Balaban J connectivity index is 2.65. The number of nitrogens with zero attached hydrogens (tertiary/aromatic N) is 1. The second-order valence-corrected chi connectivity index (χ2v) is 3.59. The van der Waals surface area contributed by atoms with Gasteiger partial charge < -0.3 is 0 Å². The van der Waals surface area contributed by atoms with Gasteiger partial charge in [-0.2, -0.15) is 5.10 Å². The third-order valence-corrected chi connectivity index (χ3v) is 1.78. The molecular weight excluding hydrogens is 216 g/mol. The molecule has 0 heterocycles. The molecule has 0 saturated carbocycles. The zero-order chi connectivity index (χ0) is 8.97. The third kappa shape index (κ3) is 3.05. The summed E-state index contributed by atoms with van der Waals surface area (Å²) >= 11 is 3.36. The Morgan fingerprint density at radius 3 is 2.33 bits per heavy atom. The van der Waals surface area contributed by atoms with Crippen LogP contribution in [0.2, 0.25) is 0 Å². The van der Waals surface area contributed by atoms with Crippen LogP contribution in [-0.2, 0) is 0 Å². The largest absolute Gasteiger partial charge is 0.279 e. The van der Waals surface area contributed by atoms with Gasteiger partial charge in [0.25, 0.3) is 0 Å². The van der Waals surface area contributed by atoms with Gasteiger partial charge in [-0.1, -0.05) is 15.9 Å². The Hall–Kier alpha value is -0.830. The molecule has 12 heavy (non-hydrogen) atoms. The molecule has 64 valence electrons. The van der Waals surface area contributed by atoms with Crippen molar-refractivity contribution in [3.63, 3.8) is 0 Å². The van der Waals surface area contributed by atoms with E-state index in [4.69, 9.17) is 0 Å². The lowest BCUT2D eigenvalue weighted by Gasteiger charge is -1.99. The molecule has 0 radical (unpaired) electrons. The topological polar surface area (TPSA) is 24.4 Å². The number of nitrogens with one attached hydrogen (secondary N) is 1. The van der Waals surface area contributed by atoms with Gasteiger partial charge >= 0.3 is 0 Å². The molecule has 0 atom stereocenters. The summed E-state index contributed by atoms with van der Waals surface area (Å²) in [6.07, 6.45) is 0. The summed E-state index contributed by atoms with van der Waals surface area (Å²) in [5, 5.41) is 4.08. The number of hydrogen-bond acceptors (Lipinski definition) is 2. The average Bonchev–Trinajstić information content (AvgIpc) is 2.03. The van der Waals surface area contributed by atoms with Crippen LogP contribution in [-0.4, -0.2) is 5.71 Å². The van der Waals surface area contributed by atoms with E-state index >= 15 is 0 Å². The summed E-state index contributed by atoms with van der Waals surface area (Å²) < 4.78 is 1.07. The molecule has 1 aromatic rings. The summed E-state index contributed by atoms with van der Waals surface area (Å²) in [4.78, 5) is 0. The Labute approximate surface area is 80.8 Å².